The highest BCUT2D eigenvalue weighted by Crippen LogP contribution is 2.10. The van der Waals surface area contributed by atoms with E-state index in [9.17, 15) is 9.59 Å². The smallest absolute Gasteiger partial charge is 0.305 e. The van der Waals surface area contributed by atoms with Crippen molar-refractivity contribution in [2.75, 3.05) is 6.61 Å². The van der Waals surface area contributed by atoms with Gasteiger partial charge in [0.15, 0.2) is 0 Å². The third-order valence-corrected chi connectivity index (χ3v) is 4.03. The first kappa shape index (κ1) is 21.9. The number of hydrogen-bond donors (Lipinski definition) is 1. The van der Waals surface area contributed by atoms with Gasteiger partial charge in [0, 0.05) is 12.8 Å². The van der Waals surface area contributed by atoms with Crippen LogP contribution in [0.1, 0.15) is 103 Å². The number of carbonyl (C=O) groups excluding carboxylic acids is 1. The molecule has 0 fully saturated rings. The van der Waals surface area contributed by atoms with Crippen molar-refractivity contribution in [1.29, 1.82) is 0 Å². The Morgan fingerprint density at radius 2 is 1.17 bits per heavy atom. The molecule has 0 radical (unpaired) electrons. The number of carboxylic acid groups (broad SMARTS) is 1. The lowest BCUT2D eigenvalue weighted by Crippen LogP contribution is -2.05. The van der Waals surface area contributed by atoms with Gasteiger partial charge in [0.05, 0.1) is 6.61 Å². The molecule has 0 saturated carbocycles. The van der Waals surface area contributed by atoms with Gasteiger partial charge in [-0.25, -0.2) is 0 Å². The van der Waals surface area contributed by atoms with E-state index in [0.29, 0.717) is 19.4 Å². The number of carbonyl (C=O) groups is 2. The molecule has 0 spiro atoms. The fourth-order valence-electron chi connectivity index (χ4n) is 2.57. The predicted molar refractivity (Wildman–Crippen MR) is 93.5 cm³/mol. The molecule has 4 nitrogen and oxygen atoms in total. The van der Waals surface area contributed by atoms with Crippen LogP contribution in [-0.4, -0.2) is 23.7 Å². The Morgan fingerprint density at radius 1 is 0.696 bits per heavy atom. The quantitative estimate of drug-likeness (QED) is 0.283. The number of carboxylic acids is 1. The standard InChI is InChI=1S/C19H36O4/c1-2-3-4-9-13-16-19(22)23-17-14-11-8-6-5-7-10-12-15-18(20)21/h2-17H2,1H3,(H,20,21). The lowest BCUT2D eigenvalue weighted by molar-refractivity contribution is -0.144. The fraction of sp³-hybridized carbons (Fsp3) is 0.895. The average Bonchev–Trinajstić information content (AvgIpc) is 2.52. The normalized spacial score (nSPS) is 10.7. The van der Waals surface area contributed by atoms with Crippen LogP contribution in [0.5, 0.6) is 0 Å². The van der Waals surface area contributed by atoms with E-state index in [1.165, 1.54) is 38.5 Å². The number of aliphatic carboxylic acids is 1. The van der Waals surface area contributed by atoms with Crippen LogP contribution in [0, 0.1) is 0 Å². The van der Waals surface area contributed by atoms with Crippen molar-refractivity contribution >= 4 is 11.9 Å². The van der Waals surface area contributed by atoms with Crippen molar-refractivity contribution in [3.63, 3.8) is 0 Å². The summed E-state index contributed by atoms with van der Waals surface area (Å²) in [5.41, 5.74) is 0. The van der Waals surface area contributed by atoms with Gasteiger partial charge in [0.25, 0.3) is 0 Å². The molecule has 0 aliphatic carbocycles. The Labute approximate surface area is 142 Å². The Bertz CT molecular complexity index is 289. The first-order valence-electron chi connectivity index (χ1n) is 9.54. The predicted octanol–water partition coefficient (Wildman–Crippen LogP) is 5.49. The van der Waals surface area contributed by atoms with E-state index in [4.69, 9.17) is 9.84 Å². The van der Waals surface area contributed by atoms with E-state index in [0.717, 1.165) is 44.9 Å². The van der Waals surface area contributed by atoms with E-state index >= 15 is 0 Å². The second-order valence-corrected chi connectivity index (χ2v) is 6.36. The maximum absolute atomic E-state index is 11.5. The van der Waals surface area contributed by atoms with Crippen molar-refractivity contribution in [3.05, 3.63) is 0 Å². The van der Waals surface area contributed by atoms with Crippen molar-refractivity contribution < 1.29 is 19.4 Å². The summed E-state index contributed by atoms with van der Waals surface area (Å²) in [6, 6.07) is 0. The lowest BCUT2D eigenvalue weighted by atomic mass is 10.1. The monoisotopic (exact) mass is 328 g/mol. The molecular weight excluding hydrogens is 292 g/mol. The minimum absolute atomic E-state index is 0.0417. The van der Waals surface area contributed by atoms with Crippen LogP contribution in [0.25, 0.3) is 0 Å². The molecule has 23 heavy (non-hydrogen) atoms. The number of ether oxygens (including phenoxy) is 1. The molecule has 4 heteroatoms. The molecule has 0 aliphatic heterocycles. The Hall–Kier alpha value is -1.06. The van der Waals surface area contributed by atoms with E-state index in [1.807, 2.05) is 0 Å². The van der Waals surface area contributed by atoms with Crippen LogP contribution in [0.3, 0.4) is 0 Å². The summed E-state index contributed by atoms with van der Waals surface area (Å²) in [6.07, 6.45) is 15.2. The van der Waals surface area contributed by atoms with E-state index < -0.39 is 5.97 Å². The summed E-state index contributed by atoms with van der Waals surface area (Å²) in [5, 5.41) is 8.52. The van der Waals surface area contributed by atoms with Gasteiger partial charge < -0.3 is 9.84 Å². The maximum atomic E-state index is 11.5. The van der Waals surface area contributed by atoms with Gasteiger partial charge in [0.2, 0.25) is 0 Å². The highest BCUT2D eigenvalue weighted by atomic mass is 16.5. The number of esters is 1. The van der Waals surface area contributed by atoms with Gasteiger partial charge >= 0.3 is 11.9 Å². The largest absolute Gasteiger partial charge is 0.481 e. The SMILES string of the molecule is CCCCCCCC(=O)OCCCCCCCCCCC(=O)O. The molecule has 0 aliphatic rings. The van der Waals surface area contributed by atoms with E-state index in [2.05, 4.69) is 6.92 Å². The molecule has 1 N–H and O–H groups in total. The zero-order valence-electron chi connectivity index (χ0n) is 15.0. The van der Waals surface area contributed by atoms with Gasteiger partial charge in [-0.05, 0) is 19.3 Å². The number of unbranched alkanes of at least 4 members (excludes halogenated alkanes) is 11. The first-order chi connectivity index (χ1) is 11.2. The average molecular weight is 328 g/mol. The molecule has 0 bridgehead atoms. The lowest BCUT2D eigenvalue weighted by Gasteiger charge is -2.05. The third-order valence-electron chi connectivity index (χ3n) is 4.03. The molecule has 0 unspecified atom stereocenters. The van der Waals surface area contributed by atoms with Crippen molar-refractivity contribution in [2.45, 2.75) is 103 Å². The summed E-state index contributed by atoms with van der Waals surface area (Å²) in [6.45, 7) is 2.75. The molecule has 0 heterocycles. The minimum Gasteiger partial charge on any atom is -0.481 e. The minimum atomic E-state index is -0.694. The molecule has 0 rings (SSSR count). The van der Waals surface area contributed by atoms with E-state index in [-0.39, 0.29) is 5.97 Å². The summed E-state index contributed by atoms with van der Waals surface area (Å²) < 4.78 is 5.24. The zero-order valence-corrected chi connectivity index (χ0v) is 15.0. The molecule has 0 aromatic carbocycles. The zero-order chi connectivity index (χ0) is 17.2. The van der Waals surface area contributed by atoms with Crippen LogP contribution in [0.15, 0.2) is 0 Å². The number of hydrogen-bond acceptors (Lipinski definition) is 3. The fourth-order valence-corrected chi connectivity index (χ4v) is 2.57. The first-order valence-corrected chi connectivity index (χ1v) is 9.54. The Morgan fingerprint density at radius 3 is 1.74 bits per heavy atom. The molecule has 0 atom stereocenters. The highest BCUT2D eigenvalue weighted by Gasteiger charge is 2.02. The van der Waals surface area contributed by atoms with Crippen LogP contribution in [0.4, 0.5) is 0 Å². The van der Waals surface area contributed by atoms with Crippen LogP contribution in [0.2, 0.25) is 0 Å². The third kappa shape index (κ3) is 18.9. The maximum Gasteiger partial charge on any atom is 0.305 e. The van der Waals surface area contributed by atoms with Gasteiger partial charge in [-0.15, -0.1) is 0 Å². The molecule has 136 valence electrons. The molecule has 0 saturated heterocycles. The van der Waals surface area contributed by atoms with Crippen LogP contribution >= 0.6 is 0 Å². The highest BCUT2D eigenvalue weighted by molar-refractivity contribution is 5.69. The van der Waals surface area contributed by atoms with Crippen molar-refractivity contribution in [3.8, 4) is 0 Å². The summed E-state index contributed by atoms with van der Waals surface area (Å²) in [5.74, 6) is -0.736. The molecular formula is C19H36O4. The number of rotatable bonds is 17. The second-order valence-electron chi connectivity index (χ2n) is 6.36. The van der Waals surface area contributed by atoms with Crippen molar-refractivity contribution in [1.82, 2.24) is 0 Å². The summed E-state index contributed by atoms with van der Waals surface area (Å²) in [4.78, 5) is 21.8. The van der Waals surface area contributed by atoms with E-state index in [1.54, 1.807) is 0 Å². The summed E-state index contributed by atoms with van der Waals surface area (Å²) in [7, 11) is 0. The second kappa shape index (κ2) is 17.3. The van der Waals surface area contributed by atoms with Crippen LogP contribution in [-0.2, 0) is 14.3 Å². The van der Waals surface area contributed by atoms with Gasteiger partial charge in [-0.3, -0.25) is 9.59 Å². The molecule has 0 amide bonds. The van der Waals surface area contributed by atoms with Gasteiger partial charge in [-0.1, -0.05) is 71.1 Å². The molecule has 0 aromatic heterocycles. The van der Waals surface area contributed by atoms with Gasteiger partial charge in [0.1, 0.15) is 0 Å². The Balaban J connectivity index is 3.14. The Kier molecular flexibility index (Phi) is 16.5. The van der Waals surface area contributed by atoms with Gasteiger partial charge in [-0.2, -0.15) is 0 Å². The summed E-state index contributed by atoms with van der Waals surface area (Å²) >= 11 is 0. The topological polar surface area (TPSA) is 63.6 Å². The van der Waals surface area contributed by atoms with Crippen molar-refractivity contribution in [2.24, 2.45) is 0 Å². The molecule has 0 aromatic rings. The van der Waals surface area contributed by atoms with Crippen LogP contribution < -0.4 is 0 Å².